The van der Waals surface area contributed by atoms with E-state index in [2.05, 4.69) is 43.4 Å². The van der Waals surface area contributed by atoms with Crippen molar-refractivity contribution in [3.8, 4) is 0 Å². The summed E-state index contributed by atoms with van der Waals surface area (Å²) in [7, 11) is 0. The minimum absolute atomic E-state index is 0.464. The fourth-order valence-corrected chi connectivity index (χ4v) is 2.20. The maximum absolute atomic E-state index is 5.43. The summed E-state index contributed by atoms with van der Waals surface area (Å²) < 4.78 is 5.43. The Hall–Kier alpha value is -0.860. The molecule has 0 bridgehead atoms. The van der Waals surface area contributed by atoms with Gasteiger partial charge in [0, 0.05) is 19.3 Å². The molecule has 1 aromatic rings. The molecule has 0 spiro atoms. The average Bonchev–Trinajstić information content (AvgIpc) is 2.39. The van der Waals surface area contributed by atoms with Gasteiger partial charge in [-0.1, -0.05) is 31.2 Å². The number of aryl methyl sites for hydroxylation is 1. The molecule has 2 nitrogen and oxygen atoms in total. The van der Waals surface area contributed by atoms with E-state index in [0.717, 1.165) is 32.6 Å². The van der Waals surface area contributed by atoms with Crippen LogP contribution in [0.5, 0.6) is 0 Å². The molecule has 0 fully saturated rings. The minimum Gasteiger partial charge on any atom is -0.382 e. The summed E-state index contributed by atoms with van der Waals surface area (Å²) in [4.78, 5) is 0. The fourth-order valence-electron chi connectivity index (χ4n) is 2.20. The lowest BCUT2D eigenvalue weighted by molar-refractivity contribution is 0.141. The van der Waals surface area contributed by atoms with Crippen molar-refractivity contribution in [2.45, 2.75) is 46.1 Å². The molecule has 0 saturated carbocycles. The average molecular weight is 249 g/mol. The fraction of sp³-hybridized carbons (Fsp3) is 0.625. The first-order chi connectivity index (χ1) is 8.79. The normalized spacial score (nSPS) is 12.6. The van der Waals surface area contributed by atoms with Gasteiger partial charge in [0.2, 0.25) is 0 Å². The van der Waals surface area contributed by atoms with E-state index in [0.29, 0.717) is 6.04 Å². The Morgan fingerprint density at radius 1 is 1.22 bits per heavy atom. The molecule has 0 aliphatic heterocycles. The summed E-state index contributed by atoms with van der Waals surface area (Å²) in [6, 6.07) is 9.13. The van der Waals surface area contributed by atoms with Gasteiger partial charge >= 0.3 is 0 Å². The molecule has 0 aliphatic carbocycles. The van der Waals surface area contributed by atoms with Gasteiger partial charge < -0.3 is 10.1 Å². The summed E-state index contributed by atoms with van der Waals surface area (Å²) in [5, 5.41) is 3.65. The van der Waals surface area contributed by atoms with E-state index >= 15 is 0 Å². The molecule has 1 rings (SSSR count). The van der Waals surface area contributed by atoms with Gasteiger partial charge in [-0.05, 0) is 50.8 Å². The topological polar surface area (TPSA) is 21.3 Å². The van der Waals surface area contributed by atoms with Crippen molar-refractivity contribution in [2.75, 3.05) is 19.8 Å². The summed E-state index contributed by atoms with van der Waals surface area (Å²) in [5.74, 6) is 0. The standard InChI is InChI=1S/C16H27NO/c1-4-12-17-16(11-8-13-18-5-2)15-10-7-6-9-14(15)3/h6-7,9-10,16-17H,4-5,8,11-13H2,1-3H3. The van der Waals surface area contributed by atoms with Crippen LogP contribution >= 0.6 is 0 Å². The van der Waals surface area contributed by atoms with E-state index in [-0.39, 0.29) is 0 Å². The Bertz CT molecular complexity index is 325. The van der Waals surface area contributed by atoms with Gasteiger partial charge in [0.25, 0.3) is 0 Å². The van der Waals surface area contributed by atoms with Gasteiger partial charge in [-0.15, -0.1) is 0 Å². The van der Waals surface area contributed by atoms with Gasteiger partial charge in [0.1, 0.15) is 0 Å². The second kappa shape index (κ2) is 9.12. The van der Waals surface area contributed by atoms with Crippen LogP contribution in [0.2, 0.25) is 0 Å². The first-order valence-corrected chi connectivity index (χ1v) is 7.16. The summed E-state index contributed by atoms with van der Waals surface area (Å²) in [6.45, 7) is 9.21. The number of benzene rings is 1. The lowest BCUT2D eigenvalue weighted by Crippen LogP contribution is -2.23. The minimum atomic E-state index is 0.464. The molecular formula is C16H27NO. The maximum atomic E-state index is 5.43. The molecule has 2 heteroatoms. The molecule has 1 N–H and O–H groups in total. The molecule has 0 aromatic heterocycles. The van der Waals surface area contributed by atoms with E-state index in [1.54, 1.807) is 0 Å². The smallest absolute Gasteiger partial charge is 0.0466 e. The van der Waals surface area contributed by atoms with Crippen molar-refractivity contribution in [1.29, 1.82) is 0 Å². The van der Waals surface area contributed by atoms with Crippen LogP contribution in [0, 0.1) is 6.92 Å². The zero-order chi connectivity index (χ0) is 13.2. The highest BCUT2D eigenvalue weighted by atomic mass is 16.5. The van der Waals surface area contributed by atoms with E-state index in [1.165, 1.54) is 17.5 Å². The lowest BCUT2D eigenvalue weighted by Gasteiger charge is -2.21. The Morgan fingerprint density at radius 2 is 2.00 bits per heavy atom. The molecule has 0 heterocycles. The second-order valence-corrected chi connectivity index (χ2v) is 4.70. The first-order valence-electron chi connectivity index (χ1n) is 7.16. The molecule has 0 amide bonds. The molecule has 1 aromatic carbocycles. The van der Waals surface area contributed by atoms with Gasteiger partial charge in [-0.25, -0.2) is 0 Å². The molecule has 1 unspecified atom stereocenters. The van der Waals surface area contributed by atoms with E-state index in [1.807, 2.05) is 6.92 Å². The van der Waals surface area contributed by atoms with Crippen molar-refractivity contribution in [1.82, 2.24) is 5.32 Å². The Morgan fingerprint density at radius 3 is 2.67 bits per heavy atom. The third kappa shape index (κ3) is 5.19. The van der Waals surface area contributed by atoms with Gasteiger partial charge in [0.15, 0.2) is 0 Å². The van der Waals surface area contributed by atoms with Crippen LogP contribution in [0.1, 0.15) is 50.3 Å². The Kier molecular flexibility index (Phi) is 7.70. The van der Waals surface area contributed by atoms with Gasteiger partial charge in [0.05, 0.1) is 0 Å². The van der Waals surface area contributed by atoms with Crippen molar-refractivity contribution in [3.05, 3.63) is 35.4 Å². The Labute approximate surface area is 112 Å². The number of nitrogens with one attached hydrogen (secondary N) is 1. The largest absolute Gasteiger partial charge is 0.382 e. The van der Waals surface area contributed by atoms with E-state index in [4.69, 9.17) is 4.74 Å². The molecule has 102 valence electrons. The summed E-state index contributed by atoms with van der Waals surface area (Å²) in [5.41, 5.74) is 2.81. The van der Waals surface area contributed by atoms with Crippen LogP contribution in [0.15, 0.2) is 24.3 Å². The second-order valence-electron chi connectivity index (χ2n) is 4.70. The zero-order valence-corrected chi connectivity index (χ0v) is 12.0. The van der Waals surface area contributed by atoms with Crippen LogP contribution in [0.3, 0.4) is 0 Å². The molecule has 1 atom stereocenters. The van der Waals surface area contributed by atoms with Crippen molar-refractivity contribution >= 4 is 0 Å². The molecular weight excluding hydrogens is 222 g/mol. The van der Waals surface area contributed by atoms with Crippen LogP contribution in [-0.4, -0.2) is 19.8 Å². The third-order valence-corrected chi connectivity index (χ3v) is 3.19. The quantitative estimate of drug-likeness (QED) is 0.671. The molecule has 18 heavy (non-hydrogen) atoms. The van der Waals surface area contributed by atoms with Gasteiger partial charge in [-0.3, -0.25) is 0 Å². The van der Waals surface area contributed by atoms with Crippen molar-refractivity contribution < 1.29 is 4.74 Å². The first kappa shape index (κ1) is 15.2. The lowest BCUT2D eigenvalue weighted by atomic mass is 9.97. The predicted octanol–water partition coefficient (Wildman–Crippen LogP) is 3.85. The third-order valence-electron chi connectivity index (χ3n) is 3.19. The van der Waals surface area contributed by atoms with Crippen LogP contribution in [-0.2, 0) is 4.74 Å². The zero-order valence-electron chi connectivity index (χ0n) is 12.0. The van der Waals surface area contributed by atoms with E-state index < -0.39 is 0 Å². The monoisotopic (exact) mass is 249 g/mol. The van der Waals surface area contributed by atoms with E-state index in [9.17, 15) is 0 Å². The Balaban J connectivity index is 2.57. The molecule has 0 radical (unpaired) electrons. The molecule has 0 aliphatic rings. The number of hydrogen-bond donors (Lipinski definition) is 1. The SMILES string of the molecule is CCCNC(CCCOCC)c1ccccc1C. The van der Waals surface area contributed by atoms with Crippen LogP contribution in [0.4, 0.5) is 0 Å². The summed E-state index contributed by atoms with van der Waals surface area (Å²) in [6.07, 6.45) is 3.43. The van der Waals surface area contributed by atoms with Gasteiger partial charge in [-0.2, -0.15) is 0 Å². The van der Waals surface area contributed by atoms with Crippen LogP contribution < -0.4 is 5.32 Å². The number of rotatable bonds is 9. The maximum Gasteiger partial charge on any atom is 0.0466 e. The highest BCUT2D eigenvalue weighted by molar-refractivity contribution is 5.28. The molecule has 0 saturated heterocycles. The summed E-state index contributed by atoms with van der Waals surface area (Å²) >= 11 is 0. The highest BCUT2D eigenvalue weighted by Crippen LogP contribution is 2.21. The predicted molar refractivity (Wildman–Crippen MR) is 77.9 cm³/mol. The number of hydrogen-bond acceptors (Lipinski definition) is 2. The number of ether oxygens (including phenoxy) is 1. The van der Waals surface area contributed by atoms with Crippen molar-refractivity contribution in [3.63, 3.8) is 0 Å². The van der Waals surface area contributed by atoms with Crippen molar-refractivity contribution in [2.24, 2.45) is 0 Å². The highest BCUT2D eigenvalue weighted by Gasteiger charge is 2.11. The van der Waals surface area contributed by atoms with Crippen LogP contribution in [0.25, 0.3) is 0 Å².